The van der Waals surface area contributed by atoms with Crippen LogP contribution in [0.15, 0.2) is 60.8 Å². The van der Waals surface area contributed by atoms with Crippen LogP contribution in [0, 0.1) is 0 Å². The maximum absolute atomic E-state index is 6.15. The Balaban J connectivity index is 2.51. The Morgan fingerprint density at radius 2 is 1.56 bits per heavy atom. The number of rotatable bonds is 2. The molecule has 0 spiro atoms. The Bertz CT molecular complexity index is 503. The normalized spacial score (nSPS) is 11.4. The van der Waals surface area contributed by atoms with Gasteiger partial charge in [0, 0.05) is 22.4 Å². The summed E-state index contributed by atoms with van der Waals surface area (Å²) in [4.78, 5) is 0. The lowest BCUT2D eigenvalue weighted by Crippen LogP contribution is -1.92. The molecule has 0 unspecified atom stereocenters. The molecule has 2 N–H and O–H groups in total. The van der Waals surface area contributed by atoms with E-state index in [0.29, 0.717) is 5.02 Å². The Morgan fingerprint density at radius 1 is 0.938 bits per heavy atom. The monoisotopic (exact) mass is 229 g/mol. The number of hydrogen-bond acceptors (Lipinski definition) is 1. The molecule has 0 aliphatic heterocycles. The van der Waals surface area contributed by atoms with Gasteiger partial charge in [0.25, 0.3) is 0 Å². The zero-order valence-electron chi connectivity index (χ0n) is 8.73. The topological polar surface area (TPSA) is 26.0 Å². The van der Waals surface area contributed by atoms with Crippen molar-refractivity contribution in [2.75, 3.05) is 0 Å². The van der Waals surface area contributed by atoms with Crippen molar-refractivity contribution in [2.45, 2.75) is 0 Å². The van der Waals surface area contributed by atoms with Crippen molar-refractivity contribution >= 4 is 17.2 Å². The summed E-state index contributed by atoms with van der Waals surface area (Å²) in [6, 6.07) is 17.7. The molecule has 16 heavy (non-hydrogen) atoms. The van der Waals surface area contributed by atoms with Gasteiger partial charge in [0.05, 0.1) is 0 Å². The van der Waals surface area contributed by atoms with Crippen LogP contribution in [0.25, 0.3) is 5.57 Å². The standard InChI is InChI=1S/C14H12ClN/c15-14-9-5-4-8-12(14)13(10-16)11-6-2-1-3-7-11/h1-10H,16H2. The van der Waals surface area contributed by atoms with E-state index in [1.165, 1.54) is 0 Å². The molecule has 0 aliphatic carbocycles. The first-order chi connectivity index (χ1) is 7.83. The first kappa shape index (κ1) is 10.8. The van der Waals surface area contributed by atoms with Gasteiger partial charge >= 0.3 is 0 Å². The molecular weight excluding hydrogens is 218 g/mol. The fraction of sp³-hybridized carbons (Fsp3) is 0. The van der Waals surface area contributed by atoms with Crippen LogP contribution in [0.4, 0.5) is 0 Å². The van der Waals surface area contributed by atoms with Crippen LogP contribution >= 0.6 is 11.6 Å². The van der Waals surface area contributed by atoms with Gasteiger partial charge in [0.2, 0.25) is 0 Å². The van der Waals surface area contributed by atoms with E-state index < -0.39 is 0 Å². The maximum atomic E-state index is 6.15. The molecule has 0 fully saturated rings. The number of benzene rings is 2. The van der Waals surface area contributed by atoms with Gasteiger partial charge in [-0.15, -0.1) is 0 Å². The summed E-state index contributed by atoms with van der Waals surface area (Å²) in [5.41, 5.74) is 8.66. The van der Waals surface area contributed by atoms with Crippen molar-refractivity contribution in [1.82, 2.24) is 0 Å². The summed E-state index contributed by atoms with van der Waals surface area (Å²) in [6.07, 6.45) is 1.59. The van der Waals surface area contributed by atoms with E-state index >= 15 is 0 Å². The maximum Gasteiger partial charge on any atom is 0.0485 e. The second kappa shape index (κ2) is 4.86. The summed E-state index contributed by atoms with van der Waals surface area (Å²) in [5.74, 6) is 0. The van der Waals surface area contributed by atoms with E-state index in [1.807, 2.05) is 54.6 Å². The molecule has 2 aromatic carbocycles. The van der Waals surface area contributed by atoms with E-state index in [4.69, 9.17) is 17.3 Å². The van der Waals surface area contributed by atoms with Crippen molar-refractivity contribution < 1.29 is 0 Å². The lowest BCUT2D eigenvalue weighted by molar-refractivity contribution is 1.50. The van der Waals surface area contributed by atoms with Crippen LogP contribution in [0.2, 0.25) is 5.02 Å². The van der Waals surface area contributed by atoms with Gasteiger partial charge in [0.15, 0.2) is 0 Å². The molecule has 0 aliphatic rings. The fourth-order valence-electron chi connectivity index (χ4n) is 1.64. The van der Waals surface area contributed by atoms with Crippen LogP contribution in [0.3, 0.4) is 0 Å². The van der Waals surface area contributed by atoms with Crippen molar-refractivity contribution in [3.63, 3.8) is 0 Å². The average Bonchev–Trinajstić information content (AvgIpc) is 2.34. The zero-order chi connectivity index (χ0) is 11.4. The molecule has 0 bridgehead atoms. The summed E-state index contributed by atoms with van der Waals surface area (Å²) in [7, 11) is 0. The van der Waals surface area contributed by atoms with E-state index in [-0.39, 0.29) is 0 Å². The molecule has 1 nitrogen and oxygen atoms in total. The molecular formula is C14H12ClN. The first-order valence-corrected chi connectivity index (χ1v) is 5.43. The van der Waals surface area contributed by atoms with Gasteiger partial charge in [-0.3, -0.25) is 0 Å². The van der Waals surface area contributed by atoms with Crippen molar-refractivity contribution in [1.29, 1.82) is 0 Å². The molecule has 2 heteroatoms. The van der Waals surface area contributed by atoms with Gasteiger partial charge in [0.1, 0.15) is 0 Å². The van der Waals surface area contributed by atoms with E-state index in [0.717, 1.165) is 16.7 Å². The predicted octanol–water partition coefficient (Wildman–Crippen LogP) is 3.69. The molecule has 0 saturated carbocycles. The zero-order valence-corrected chi connectivity index (χ0v) is 9.48. The molecule has 2 rings (SSSR count). The van der Waals surface area contributed by atoms with Gasteiger partial charge in [-0.05, 0) is 11.6 Å². The third kappa shape index (κ3) is 2.10. The highest BCUT2D eigenvalue weighted by atomic mass is 35.5. The molecule has 2 aromatic rings. The van der Waals surface area contributed by atoms with Crippen LogP contribution in [-0.2, 0) is 0 Å². The average molecular weight is 230 g/mol. The Hall–Kier alpha value is -1.73. The van der Waals surface area contributed by atoms with Crippen molar-refractivity contribution in [2.24, 2.45) is 5.73 Å². The molecule has 0 saturated heterocycles. The molecule has 0 heterocycles. The van der Waals surface area contributed by atoms with E-state index in [1.54, 1.807) is 6.20 Å². The lowest BCUT2D eigenvalue weighted by Gasteiger charge is -2.08. The Kier molecular flexibility index (Phi) is 3.28. The summed E-state index contributed by atoms with van der Waals surface area (Å²) in [6.45, 7) is 0. The summed E-state index contributed by atoms with van der Waals surface area (Å²) >= 11 is 6.15. The first-order valence-electron chi connectivity index (χ1n) is 5.05. The number of halogens is 1. The fourth-order valence-corrected chi connectivity index (χ4v) is 1.88. The van der Waals surface area contributed by atoms with Crippen LogP contribution < -0.4 is 5.73 Å². The quantitative estimate of drug-likeness (QED) is 0.835. The minimum atomic E-state index is 0.711. The minimum absolute atomic E-state index is 0.711. The van der Waals surface area contributed by atoms with Crippen LogP contribution in [-0.4, -0.2) is 0 Å². The molecule has 0 atom stereocenters. The second-order valence-electron chi connectivity index (χ2n) is 3.43. The Labute approximate surface area is 100 Å². The lowest BCUT2D eigenvalue weighted by atomic mass is 9.99. The van der Waals surface area contributed by atoms with Gasteiger partial charge in [-0.2, -0.15) is 0 Å². The van der Waals surface area contributed by atoms with Gasteiger partial charge < -0.3 is 5.73 Å². The third-order valence-electron chi connectivity index (χ3n) is 2.42. The van der Waals surface area contributed by atoms with Gasteiger partial charge in [-0.25, -0.2) is 0 Å². The smallest absolute Gasteiger partial charge is 0.0485 e. The van der Waals surface area contributed by atoms with E-state index in [9.17, 15) is 0 Å². The highest BCUT2D eigenvalue weighted by Gasteiger charge is 2.06. The Morgan fingerprint density at radius 3 is 2.19 bits per heavy atom. The largest absolute Gasteiger partial charge is 0.404 e. The molecule has 80 valence electrons. The van der Waals surface area contributed by atoms with Crippen LogP contribution in [0.1, 0.15) is 11.1 Å². The SMILES string of the molecule is NC=C(c1ccccc1)c1ccccc1Cl. The molecule has 0 aromatic heterocycles. The minimum Gasteiger partial charge on any atom is -0.404 e. The number of hydrogen-bond donors (Lipinski definition) is 1. The molecule has 0 radical (unpaired) electrons. The summed E-state index contributed by atoms with van der Waals surface area (Å²) < 4.78 is 0. The van der Waals surface area contributed by atoms with Gasteiger partial charge in [-0.1, -0.05) is 60.1 Å². The van der Waals surface area contributed by atoms with Crippen molar-refractivity contribution in [3.05, 3.63) is 76.9 Å². The molecule has 0 amide bonds. The second-order valence-corrected chi connectivity index (χ2v) is 3.83. The highest BCUT2D eigenvalue weighted by Crippen LogP contribution is 2.28. The van der Waals surface area contributed by atoms with Crippen molar-refractivity contribution in [3.8, 4) is 0 Å². The van der Waals surface area contributed by atoms with E-state index in [2.05, 4.69) is 0 Å². The highest BCUT2D eigenvalue weighted by molar-refractivity contribution is 6.32. The summed E-state index contributed by atoms with van der Waals surface area (Å²) in [5, 5.41) is 0.711. The van der Waals surface area contributed by atoms with Crippen LogP contribution in [0.5, 0.6) is 0 Å². The predicted molar refractivity (Wildman–Crippen MR) is 69.2 cm³/mol. The third-order valence-corrected chi connectivity index (χ3v) is 2.75. The number of nitrogens with two attached hydrogens (primary N) is 1.